The fourth-order valence-corrected chi connectivity index (χ4v) is 6.18. The Balaban J connectivity index is 2.33. The molecule has 0 spiro atoms. The summed E-state index contributed by atoms with van der Waals surface area (Å²) in [4.78, 5) is 39.1. The summed E-state index contributed by atoms with van der Waals surface area (Å²) in [5, 5.41) is 6.33. The number of hydrogen-bond donors (Lipinski definition) is 2. The van der Waals surface area contributed by atoms with Gasteiger partial charge in [0.2, 0.25) is 0 Å². The van der Waals surface area contributed by atoms with Crippen LogP contribution in [0.25, 0.3) is 0 Å². The van der Waals surface area contributed by atoms with Crippen LogP contribution in [-0.2, 0) is 9.53 Å². The average Bonchev–Trinajstić information content (AvgIpc) is 3.04. The predicted octanol–water partition coefficient (Wildman–Crippen LogP) is 9.76. The zero-order valence-corrected chi connectivity index (χ0v) is 30.8. The van der Waals surface area contributed by atoms with Crippen LogP contribution in [0.5, 0.6) is 0 Å². The Hall–Kier alpha value is -1.89. The molecule has 268 valence electrons. The summed E-state index contributed by atoms with van der Waals surface area (Å²) in [5.74, 6) is 0.00152. The highest BCUT2D eigenvalue weighted by atomic mass is 16.5. The van der Waals surface area contributed by atoms with Crippen LogP contribution in [0, 0.1) is 0 Å². The van der Waals surface area contributed by atoms with Crippen molar-refractivity contribution in [1.82, 2.24) is 4.90 Å². The van der Waals surface area contributed by atoms with Crippen molar-refractivity contribution in [2.24, 2.45) is 0 Å². The molecule has 7 heteroatoms. The molecule has 1 aromatic rings. The fourth-order valence-electron chi connectivity index (χ4n) is 6.18. The second-order valence-electron chi connectivity index (χ2n) is 13.9. The average molecular weight is 648 g/mol. The summed E-state index contributed by atoms with van der Waals surface area (Å²) in [6.07, 6.45) is 26.9. The van der Waals surface area contributed by atoms with E-state index in [9.17, 15) is 14.4 Å². The lowest BCUT2D eigenvalue weighted by atomic mass is 10.0. The molecule has 1 unspecified atom stereocenters. The predicted molar refractivity (Wildman–Crippen MR) is 198 cm³/mol. The normalized spacial score (nSPS) is 12.3. The van der Waals surface area contributed by atoms with Crippen LogP contribution in [0.3, 0.4) is 0 Å². The lowest BCUT2D eigenvalue weighted by Gasteiger charge is -2.23. The third kappa shape index (κ3) is 20.4. The number of hydrogen-bond acceptors (Lipinski definition) is 7. The molecule has 0 aliphatic heterocycles. The fraction of sp³-hybridized carbons (Fsp3) is 0.872. The van der Waals surface area contributed by atoms with E-state index < -0.39 is 10.9 Å². The SMILES string of the molecule is CCCCCCCCC(CCCC)OC(=O)CCCCCCCN(CCCCCCCC)CCCNc1c(NC(C)C)c(=O)c1=O. The van der Waals surface area contributed by atoms with Crippen LogP contribution < -0.4 is 21.5 Å². The summed E-state index contributed by atoms with van der Waals surface area (Å²) in [6.45, 7) is 14.6. The molecule has 0 bridgehead atoms. The van der Waals surface area contributed by atoms with Crippen molar-refractivity contribution < 1.29 is 9.53 Å². The minimum Gasteiger partial charge on any atom is -0.462 e. The van der Waals surface area contributed by atoms with Crippen LogP contribution in [0.1, 0.15) is 182 Å². The van der Waals surface area contributed by atoms with Crippen molar-refractivity contribution in [1.29, 1.82) is 0 Å². The monoisotopic (exact) mass is 648 g/mol. The van der Waals surface area contributed by atoms with Gasteiger partial charge in [0.25, 0.3) is 10.9 Å². The van der Waals surface area contributed by atoms with Gasteiger partial charge in [-0.05, 0) is 78.4 Å². The first-order valence-electron chi connectivity index (χ1n) is 19.6. The Morgan fingerprint density at radius 1 is 0.609 bits per heavy atom. The number of ether oxygens (including phenoxy) is 1. The highest BCUT2D eigenvalue weighted by Crippen LogP contribution is 2.18. The zero-order valence-electron chi connectivity index (χ0n) is 30.8. The van der Waals surface area contributed by atoms with E-state index in [4.69, 9.17) is 4.74 Å². The summed E-state index contributed by atoms with van der Waals surface area (Å²) in [6, 6.07) is 0.119. The number of unbranched alkanes of at least 4 members (excludes halogenated alkanes) is 15. The summed E-state index contributed by atoms with van der Waals surface area (Å²) in [7, 11) is 0. The molecule has 1 aromatic carbocycles. The molecule has 1 atom stereocenters. The Bertz CT molecular complexity index is 940. The number of nitrogens with zero attached hydrogens (tertiary/aromatic N) is 1. The van der Waals surface area contributed by atoms with Crippen molar-refractivity contribution in [3.8, 4) is 0 Å². The van der Waals surface area contributed by atoms with E-state index in [-0.39, 0.29) is 18.1 Å². The van der Waals surface area contributed by atoms with E-state index in [1.54, 1.807) is 0 Å². The number of carbonyl (C=O) groups excluding carboxylic acids is 1. The van der Waals surface area contributed by atoms with Gasteiger partial charge in [0.05, 0.1) is 0 Å². The van der Waals surface area contributed by atoms with Crippen LogP contribution in [0.4, 0.5) is 11.4 Å². The first-order chi connectivity index (χ1) is 22.3. The first kappa shape index (κ1) is 42.1. The maximum absolute atomic E-state index is 12.6. The number of anilines is 2. The van der Waals surface area contributed by atoms with Gasteiger partial charge in [0.15, 0.2) is 0 Å². The summed E-state index contributed by atoms with van der Waals surface area (Å²) < 4.78 is 5.92. The van der Waals surface area contributed by atoms with Crippen molar-refractivity contribution >= 4 is 17.3 Å². The number of nitrogens with one attached hydrogen (secondary N) is 2. The molecule has 0 aromatic heterocycles. The minimum absolute atomic E-state index is 0.00152. The van der Waals surface area contributed by atoms with Crippen molar-refractivity contribution in [2.75, 3.05) is 36.8 Å². The molecule has 0 saturated heterocycles. The van der Waals surface area contributed by atoms with E-state index in [0.29, 0.717) is 24.3 Å². The van der Waals surface area contributed by atoms with Gasteiger partial charge in [-0.3, -0.25) is 14.4 Å². The Morgan fingerprint density at radius 3 is 1.67 bits per heavy atom. The molecule has 7 nitrogen and oxygen atoms in total. The van der Waals surface area contributed by atoms with Crippen LogP contribution >= 0.6 is 0 Å². The van der Waals surface area contributed by atoms with Gasteiger partial charge in [-0.15, -0.1) is 0 Å². The molecule has 0 aliphatic carbocycles. The van der Waals surface area contributed by atoms with Gasteiger partial charge in [0, 0.05) is 19.0 Å². The molecule has 0 aliphatic rings. The lowest BCUT2D eigenvalue weighted by Crippen LogP contribution is -2.39. The van der Waals surface area contributed by atoms with Crippen LogP contribution in [-0.4, -0.2) is 49.2 Å². The number of esters is 1. The molecular weight excluding hydrogens is 574 g/mol. The number of rotatable bonds is 33. The van der Waals surface area contributed by atoms with E-state index in [0.717, 1.165) is 71.0 Å². The Labute approximate surface area is 283 Å². The molecule has 0 heterocycles. The molecule has 2 N–H and O–H groups in total. The van der Waals surface area contributed by atoms with Gasteiger partial charge in [-0.2, -0.15) is 0 Å². The highest BCUT2D eigenvalue weighted by Gasteiger charge is 2.21. The summed E-state index contributed by atoms with van der Waals surface area (Å²) >= 11 is 0. The minimum atomic E-state index is -0.405. The molecule has 1 rings (SSSR count). The van der Waals surface area contributed by atoms with Gasteiger partial charge < -0.3 is 20.3 Å². The third-order valence-corrected chi connectivity index (χ3v) is 9.04. The largest absolute Gasteiger partial charge is 0.462 e. The molecule has 46 heavy (non-hydrogen) atoms. The van der Waals surface area contributed by atoms with Crippen molar-refractivity contribution in [3.05, 3.63) is 20.4 Å². The van der Waals surface area contributed by atoms with E-state index in [1.807, 2.05) is 13.8 Å². The van der Waals surface area contributed by atoms with Crippen molar-refractivity contribution in [3.63, 3.8) is 0 Å². The second kappa shape index (κ2) is 28.2. The van der Waals surface area contributed by atoms with Crippen LogP contribution in [0.2, 0.25) is 0 Å². The third-order valence-electron chi connectivity index (χ3n) is 9.04. The van der Waals surface area contributed by atoms with E-state index in [1.165, 1.54) is 89.9 Å². The topological polar surface area (TPSA) is 87.7 Å². The quantitative estimate of drug-likeness (QED) is 0.0446. The van der Waals surface area contributed by atoms with Gasteiger partial charge in [0.1, 0.15) is 17.5 Å². The Kier molecular flexibility index (Phi) is 25.8. The molecular formula is C39H73N3O4. The second-order valence-corrected chi connectivity index (χ2v) is 13.9. The van der Waals surface area contributed by atoms with Gasteiger partial charge in [-0.1, -0.05) is 117 Å². The van der Waals surface area contributed by atoms with Gasteiger partial charge >= 0.3 is 5.97 Å². The number of carbonyl (C=O) groups is 1. The standard InChI is InChI=1S/C39H73N3O4/c1-6-9-12-14-17-21-27-34(26-11-8-3)46-35(43)28-22-18-16-20-24-31-42(30-23-19-15-13-10-7-2)32-25-29-40-36-37(41-33(4)5)39(45)38(36)44/h33-34,40-41H,6-32H2,1-5H3. The molecule has 0 amide bonds. The summed E-state index contributed by atoms with van der Waals surface area (Å²) in [5.41, 5.74) is 0.100. The smallest absolute Gasteiger partial charge is 0.306 e. The molecule has 0 radical (unpaired) electrons. The molecule has 0 saturated carbocycles. The molecule has 0 fully saturated rings. The van der Waals surface area contributed by atoms with Crippen LogP contribution in [0.15, 0.2) is 9.59 Å². The first-order valence-corrected chi connectivity index (χ1v) is 19.6. The van der Waals surface area contributed by atoms with Gasteiger partial charge in [-0.25, -0.2) is 0 Å². The van der Waals surface area contributed by atoms with Crippen molar-refractivity contribution in [2.45, 2.75) is 194 Å². The maximum Gasteiger partial charge on any atom is 0.306 e. The maximum atomic E-state index is 12.6. The zero-order chi connectivity index (χ0) is 33.8. The van der Waals surface area contributed by atoms with E-state index >= 15 is 0 Å². The Morgan fingerprint density at radius 2 is 1.09 bits per heavy atom. The highest BCUT2D eigenvalue weighted by molar-refractivity contribution is 5.74. The lowest BCUT2D eigenvalue weighted by molar-refractivity contribution is -0.150. The van der Waals surface area contributed by atoms with E-state index in [2.05, 4.69) is 36.3 Å².